The molecule has 0 bridgehead atoms. The van der Waals surface area contributed by atoms with Gasteiger partial charge in [-0.05, 0) is 55.5 Å². The molecule has 1 unspecified atom stereocenters. The van der Waals surface area contributed by atoms with Gasteiger partial charge >= 0.3 is 0 Å². The first-order valence-corrected chi connectivity index (χ1v) is 6.63. The molecule has 96 valence electrons. The zero-order valence-electron chi connectivity index (χ0n) is 11.7. The number of aryl methyl sites for hydroxylation is 1. The van der Waals surface area contributed by atoms with E-state index in [0.717, 1.165) is 17.6 Å². The maximum Gasteiger partial charge on any atom is 0.0708 e. The van der Waals surface area contributed by atoms with E-state index in [1.807, 2.05) is 13.8 Å². The van der Waals surface area contributed by atoms with Crippen LogP contribution in [0.5, 0.6) is 0 Å². The Bertz CT molecular complexity index is 556. The first-order valence-electron chi connectivity index (χ1n) is 6.63. The van der Waals surface area contributed by atoms with E-state index < -0.39 is 0 Å². The summed E-state index contributed by atoms with van der Waals surface area (Å²) in [5.41, 5.74) is 10.8. The number of rotatable bonds is 3. The Kier molecular flexibility index (Phi) is 3.67. The number of pyridine rings is 1. The molecule has 2 rings (SSSR count). The molecule has 1 atom stereocenters. The first kappa shape index (κ1) is 13.0. The summed E-state index contributed by atoms with van der Waals surface area (Å²) in [6.07, 6.45) is 0.904. The van der Waals surface area contributed by atoms with Crippen molar-refractivity contribution in [3.63, 3.8) is 0 Å². The van der Waals surface area contributed by atoms with E-state index in [4.69, 9.17) is 5.73 Å². The lowest BCUT2D eigenvalue weighted by Gasteiger charge is -2.13. The summed E-state index contributed by atoms with van der Waals surface area (Å²) in [4.78, 5) is 4.60. The molecule has 1 aromatic carbocycles. The van der Waals surface area contributed by atoms with E-state index in [1.165, 1.54) is 16.5 Å². The van der Waals surface area contributed by atoms with Crippen molar-refractivity contribution in [3.05, 3.63) is 41.1 Å². The Morgan fingerprint density at radius 1 is 1.17 bits per heavy atom. The monoisotopic (exact) mass is 242 g/mol. The van der Waals surface area contributed by atoms with E-state index in [0.29, 0.717) is 5.92 Å². The van der Waals surface area contributed by atoms with Gasteiger partial charge in [-0.2, -0.15) is 0 Å². The molecule has 18 heavy (non-hydrogen) atoms. The Hall–Kier alpha value is -1.41. The van der Waals surface area contributed by atoms with E-state index in [2.05, 4.69) is 43.1 Å². The number of nitrogens with two attached hydrogens (primary N) is 1. The van der Waals surface area contributed by atoms with Crippen molar-refractivity contribution in [2.45, 2.75) is 46.1 Å². The van der Waals surface area contributed by atoms with Crippen molar-refractivity contribution in [2.24, 2.45) is 5.73 Å². The van der Waals surface area contributed by atoms with Gasteiger partial charge < -0.3 is 5.73 Å². The molecule has 0 aliphatic heterocycles. The lowest BCUT2D eigenvalue weighted by Crippen LogP contribution is -2.18. The summed E-state index contributed by atoms with van der Waals surface area (Å²) in [5, 5.41) is 1.25. The van der Waals surface area contributed by atoms with Gasteiger partial charge in [-0.25, -0.2) is 0 Å². The third-order valence-corrected chi connectivity index (χ3v) is 3.26. The molecular formula is C16H22N2. The maximum atomic E-state index is 5.94. The quantitative estimate of drug-likeness (QED) is 0.893. The molecule has 0 radical (unpaired) electrons. The number of fused-ring (bicyclic) bond motifs is 1. The summed E-state index contributed by atoms with van der Waals surface area (Å²) in [5.74, 6) is 0.541. The van der Waals surface area contributed by atoms with Crippen molar-refractivity contribution < 1.29 is 0 Å². The van der Waals surface area contributed by atoms with Crippen LogP contribution in [0.15, 0.2) is 24.3 Å². The number of nitrogens with zero attached hydrogens (tertiary/aromatic N) is 1. The largest absolute Gasteiger partial charge is 0.328 e. The zero-order chi connectivity index (χ0) is 13.3. The van der Waals surface area contributed by atoms with Crippen LogP contribution in [0.1, 0.15) is 43.5 Å². The van der Waals surface area contributed by atoms with Crippen molar-refractivity contribution in [2.75, 3.05) is 0 Å². The summed E-state index contributed by atoms with van der Waals surface area (Å²) in [6, 6.07) is 8.91. The maximum absolute atomic E-state index is 5.94. The van der Waals surface area contributed by atoms with E-state index in [-0.39, 0.29) is 6.04 Å². The smallest absolute Gasteiger partial charge is 0.0708 e. The molecule has 1 heterocycles. The van der Waals surface area contributed by atoms with E-state index in [1.54, 1.807) is 0 Å². The molecule has 0 saturated heterocycles. The normalized spacial score (nSPS) is 13.2. The molecule has 2 N–H and O–H groups in total. The fourth-order valence-corrected chi connectivity index (χ4v) is 2.34. The standard InChI is InChI=1S/C16H22N2/c1-10(2)13-5-6-16-15(9-13)14(7-11(3)17)8-12(4)18-16/h5-6,8-11H,7,17H2,1-4H3. The Balaban J connectivity index is 2.62. The van der Waals surface area contributed by atoms with Gasteiger partial charge in [0, 0.05) is 17.1 Å². The minimum absolute atomic E-state index is 0.178. The predicted octanol–water partition coefficient (Wildman–Crippen LogP) is 3.56. The highest BCUT2D eigenvalue weighted by Crippen LogP contribution is 2.24. The van der Waals surface area contributed by atoms with Gasteiger partial charge in [-0.1, -0.05) is 19.9 Å². The molecule has 0 saturated carbocycles. The van der Waals surface area contributed by atoms with Gasteiger partial charge in [0.1, 0.15) is 0 Å². The molecule has 2 nitrogen and oxygen atoms in total. The van der Waals surface area contributed by atoms with Gasteiger partial charge in [0.15, 0.2) is 0 Å². The van der Waals surface area contributed by atoms with Crippen LogP contribution < -0.4 is 5.73 Å². The minimum atomic E-state index is 0.178. The average molecular weight is 242 g/mol. The van der Waals surface area contributed by atoms with Crippen LogP contribution in [-0.4, -0.2) is 11.0 Å². The minimum Gasteiger partial charge on any atom is -0.328 e. The van der Waals surface area contributed by atoms with Crippen molar-refractivity contribution >= 4 is 10.9 Å². The fraction of sp³-hybridized carbons (Fsp3) is 0.438. The molecule has 0 aliphatic rings. The summed E-state index contributed by atoms with van der Waals surface area (Å²) in [7, 11) is 0. The summed E-state index contributed by atoms with van der Waals surface area (Å²) >= 11 is 0. The van der Waals surface area contributed by atoms with Crippen LogP contribution >= 0.6 is 0 Å². The Labute approximate surface area is 109 Å². The second kappa shape index (κ2) is 5.07. The van der Waals surface area contributed by atoms with E-state index >= 15 is 0 Å². The van der Waals surface area contributed by atoms with Crippen LogP contribution in [0, 0.1) is 6.92 Å². The van der Waals surface area contributed by atoms with Crippen molar-refractivity contribution in [1.82, 2.24) is 4.98 Å². The van der Waals surface area contributed by atoms with Crippen LogP contribution in [0.3, 0.4) is 0 Å². The SMILES string of the molecule is Cc1cc(CC(C)N)c2cc(C(C)C)ccc2n1. The van der Waals surface area contributed by atoms with Crippen LogP contribution in [0.25, 0.3) is 10.9 Å². The lowest BCUT2D eigenvalue weighted by atomic mass is 9.96. The number of benzene rings is 1. The molecule has 0 fully saturated rings. The van der Waals surface area contributed by atoms with E-state index in [9.17, 15) is 0 Å². The summed E-state index contributed by atoms with van der Waals surface area (Å²) in [6.45, 7) is 8.52. The third-order valence-electron chi connectivity index (χ3n) is 3.26. The first-order chi connectivity index (χ1) is 8.47. The Morgan fingerprint density at radius 2 is 1.89 bits per heavy atom. The van der Waals surface area contributed by atoms with Crippen LogP contribution in [0.2, 0.25) is 0 Å². The molecule has 1 aromatic heterocycles. The predicted molar refractivity (Wildman–Crippen MR) is 77.9 cm³/mol. The summed E-state index contributed by atoms with van der Waals surface area (Å²) < 4.78 is 0. The lowest BCUT2D eigenvalue weighted by molar-refractivity contribution is 0.740. The number of hydrogen-bond acceptors (Lipinski definition) is 2. The van der Waals surface area contributed by atoms with Gasteiger partial charge in [-0.15, -0.1) is 0 Å². The number of aromatic nitrogens is 1. The molecule has 2 aromatic rings. The fourth-order valence-electron chi connectivity index (χ4n) is 2.34. The third kappa shape index (κ3) is 2.70. The highest BCUT2D eigenvalue weighted by molar-refractivity contribution is 5.83. The van der Waals surface area contributed by atoms with Crippen molar-refractivity contribution in [1.29, 1.82) is 0 Å². The highest BCUT2D eigenvalue weighted by atomic mass is 14.7. The van der Waals surface area contributed by atoms with Crippen LogP contribution in [-0.2, 0) is 6.42 Å². The second-order valence-electron chi connectivity index (χ2n) is 5.54. The molecular weight excluding hydrogens is 220 g/mol. The molecule has 0 spiro atoms. The average Bonchev–Trinajstić information content (AvgIpc) is 2.27. The van der Waals surface area contributed by atoms with Gasteiger partial charge in [-0.3, -0.25) is 4.98 Å². The van der Waals surface area contributed by atoms with Gasteiger partial charge in [0.25, 0.3) is 0 Å². The zero-order valence-corrected chi connectivity index (χ0v) is 11.7. The number of hydrogen-bond donors (Lipinski definition) is 1. The second-order valence-corrected chi connectivity index (χ2v) is 5.54. The molecule has 2 heteroatoms. The highest BCUT2D eigenvalue weighted by Gasteiger charge is 2.08. The molecule has 0 amide bonds. The van der Waals surface area contributed by atoms with Gasteiger partial charge in [0.2, 0.25) is 0 Å². The van der Waals surface area contributed by atoms with Crippen LogP contribution in [0.4, 0.5) is 0 Å². The topological polar surface area (TPSA) is 38.9 Å². The van der Waals surface area contributed by atoms with Crippen molar-refractivity contribution in [3.8, 4) is 0 Å². The Morgan fingerprint density at radius 3 is 2.50 bits per heavy atom. The molecule has 0 aliphatic carbocycles. The van der Waals surface area contributed by atoms with Gasteiger partial charge in [0.05, 0.1) is 5.52 Å².